The van der Waals surface area contributed by atoms with Gasteiger partial charge in [0.05, 0.1) is 0 Å². The number of carbonyl (C=O) groups is 2. The molecule has 0 spiro atoms. The summed E-state index contributed by atoms with van der Waals surface area (Å²) in [6.45, 7) is 1.68. The number of aromatic nitrogens is 1. The normalized spacial score (nSPS) is 15.7. The molecule has 5 N–H and O–H groups in total. The Morgan fingerprint density at radius 2 is 2.10 bits per heavy atom. The van der Waals surface area contributed by atoms with E-state index in [-0.39, 0.29) is 17.9 Å². The number of nitrogen functional groups attached to an aromatic ring is 1. The molecule has 0 aliphatic heterocycles. The average molecular weight is 286 g/mol. The SMILES string of the molecule is CC(NC(=O)c1cc2cc(N)ccc2[nH]1)C(=O)NC1CC1. The lowest BCUT2D eigenvalue weighted by Crippen LogP contribution is -2.45. The highest BCUT2D eigenvalue weighted by atomic mass is 16.2. The van der Waals surface area contributed by atoms with Gasteiger partial charge in [-0.25, -0.2) is 0 Å². The molecule has 6 nitrogen and oxygen atoms in total. The fourth-order valence-corrected chi connectivity index (χ4v) is 2.17. The van der Waals surface area contributed by atoms with Gasteiger partial charge in [-0.3, -0.25) is 9.59 Å². The maximum absolute atomic E-state index is 12.2. The third-order valence-electron chi connectivity index (χ3n) is 3.55. The lowest BCUT2D eigenvalue weighted by Gasteiger charge is -2.13. The summed E-state index contributed by atoms with van der Waals surface area (Å²) in [5, 5.41) is 6.43. The summed E-state index contributed by atoms with van der Waals surface area (Å²) in [6.07, 6.45) is 2.05. The van der Waals surface area contributed by atoms with Gasteiger partial charge >= 0.3 is 0 Å². The quantitative estimate of drug-likeness (QED) is 0.634. The fraction of sp³-hybridized carbons (Fsp3) is 0.333. The largest absolute Gasteiger partial charge is 0.399 e. The Hall–Kier alpha value is -2.50. The Morgan fingerprint density at radius 3 is 2.81 bits per heavy atom. The molecule has 3 rings (SSSR count). The van der Waals surface area contributed by atoms with Crippen LogP contribution in [0.25, 0.3) is 10.9 Å². The van der Waals surface area contributed by atoms with Crippen LogP contribution in [0.3, 0.4) is 0 Å². The summed E-state index contributed by atoms with van der Waals surface area (Å²) < 4.78 is 0. The predicted octanol–water partition coefficient (Wildman–Crippen LogP) is 1.15. The molecule has 0 radical (unpaired) electrons. The second-order valence-corrected chi connectivity index (χ2v) is 5.51. The van der Waals surface area contributed by atoms with E-state index in [4.69, 9.17) is 5.73 Å². The molecular formula is C15H18N4O2. The van der Waals surface area contributed by atoms with Gasteiger partial charge in [0.25, 0.3) is 5.91 Å². The first-order chi connectivity index (χ1) is 10.0. The van der Waals surface area contributed by atoms with Gasteiger partial charge in [-0.2, -0.15) is 0 Å². The number of benzene rings is 1. The lowest BCUT2D eigenvalue weighted by molar-refractivity contribution is -0.122. The Morgan fingerprint density at radius 1 is 1.33 bits per heavy atom. The fourth-order valence-electron chi connectivity index (χ4n) is 2.17. The molecule has 1 atom stereocenters. The maximum atomic E-state index is 12.2. The van der Waals surface area contributed by atoms with Gasteiger partial charge in [0.1, 0.15) is 11.7 Å². The van der Waals surface area contributed by atoms with Crippen molar-refractivity contribution < 1.29 is 9.59 Å². The number of carbonyl (C=O) groups excluding carboxylic acids is 2. The smallest absolute Gasteiger partial charge is 0.268 e. The Bertz CT molecular complexity index is 703. The van der Waals surface area contributed by atoms with Crippen LogP contribution in [0.15, 0.2) is 24.3 Å². The van der Waals surface area contributed by atoms with Crippen molar-refractivity contribution in [2.45, 2.75) is 31.8 Å². The number of hydrogen-bond donors (Lipinski definition) is 4. The number of nitrogens with one attached hydrogen (secondary N) is 3. The number of anilines is 1. The van der Waals surface area contributed by atoms with Gasteiger partial charge in [0.15, 0.2) is 0 Å². The topological polar surface area (TPSA) is 100 Å². The molecule has 1 aliphatic rings. The van der Waals surface area contributed by atoms with Gasteiger partial charge in [0, 0.05) is 22.6 Å². The van der Waals surface area contributed by atoms with Crippen LogP contribution in [0.5, 0.6) is 0 Å². The van der Waals surface area contributed by atoms with Crippen LogP contribution in [-0.4, -0.2) is 28.9 Å². The molecule has 2 aromatic rings. The number of nitrogens with two attached hydrogens (primary N) is 1. The summed E-state index contributed by atoms with van der Waals surface area (Å²) in [7, 11) is 0. The molecule has 1 unspecified atom stereocenters. The minimum absolute atomic E-state index is 0.147. The van der Waals surface area contributed by atoms with Crippen molar-refractivity contribution >= 4 is 28.4 Å². The molecule has 110 valence electrons. The van der Waals surface area contributed by atoms with E-state index in [1.807, 2.05) is 6.07 Å². The summed E-state index contributed by atoms with van der Waals surface area (Å²) in [6, 6.07) is 6.84. The highest BCUT2D eigenvalue weighted by Crippen LogP contribution is 2.19. The number of amides is 2. The molecule has 1 heterocycles. The van der Waals surface area contributed by atoms with Crippen LogP contribution >= 0.6 is 0 Å². The molecule has 0 bridgehead atoms. The van der Waals surface area contributed by atoms with Crippen LogP contribution in [0.4, 0.5) is 5.69 Å². The van der Waals surface area contributed by atoms with Crippen molar-refractivity contribution in [2.75, 3.05) is 5.73 Å². The molecule has 1 aromatic carbocycles. The van der Waals surface area contributed by atoms with E-state index in [2.05, 4.69) is 15.6 Å². The first-order valence-electron chi connectivity index (χ1n) is 7.02. The van der Waals surface area contributed by atoms with Crippen molar-refractivity contribution in [3.8, 4) is 0 Å². The predicted molar refractivity (Wildman–Crippen MR) is 80.8 cm³/mol. The minimum atomic E-state index is -0.561. The zero-order valence-electron chi connectivity index (χ0n) is 11.8. The van der Waals surface area contributed by atoms with Gasteiger partial charge in [-0.15, -0.1) is 0 Å². The van der Waals surface area contributed by atoms with E-state index in [0.717, 1.165) is 23.7 Å². The maximum Gasteiger partial charge on any atom is 0.268 e. The van der Waals surface area contributed by atoms with Crippen LogP contribution in [-0.2, 0) is 4.79 Å². The molecule has 1 aliphatic carbocycles. The van der Waals surface area contributed by atoms with Crippen LogP contribution < -0.4 is 16.4 Å². The van der Waals surface area contributed by atoms with E-state index in [9.17, 15) is 9.59 Å². The second-order valence-electron chi connectivity index (χ2n) is 5.51. The zero-order chi connectivity index (χ0) is 15.0. The molecule has 2 amide bonds. The van der Waals surface area contributed by atoms with Crippen LogP contribution in [0.1, 0.15) is 30.3 Å². The van der Waals surface area contributed by atoms with E-state index >= 15 is 0 Å². The van der Waals surface area contributed by atoms with Gasteiger partial charge < -0.3 is 21.4 Å². The van der Waals surface area contributed by atoms with E-state index in [1.165, 1.54) is 0 Å². The molecular weight excluding hydrogens is 268 g/mol. The van der Waals surface area contributed by atoms with Crippen molar-refractivity contribution in [1.29, 1.82) is 0 Å². The zero-order valence-corrected chi connectivity index (χ0v) is 11.8. The molecule has 0 saturated heterocycles. The number of rotatable bonds is 4. The summed E-state index contributed by atoms with van der Waals surface area (Å²) in [5.74, 6) is -0.450. The first-order valence-corrected chi connectivity index (χ1v) is 7.02. The van der Waals surface area contributed by atoms with Crippen molar-refractivity contribution in [3.63, 3.8) is 0 Å². The molecule has 1 aromatic heterocycles. The minimum Gasteiger partial charge on any atom is -0.399 e. The van der Waals surface area contributed by atoms with E-state index in [0.29, 0.717) is 11.4 Å². The average Bonchev–Trinajstić information content (AvgIpc) is 3.14. The number of aromatic amines is 1. The molecule has 21 heavy (non-hydrogen) atoms. The lowest BCUT2D eigenvalue weighted by atomic mass is 10.2. The Kier molecular flexibility index (Phi) is 3.29. The van der Waals surface area contributed by atoms with Crippen molar-refractivity contribution in [3.05, 3.63) is 30.0 Å². The van der Waals surface area contributed by atoms with Crippen LogP contribution in [0.2, 0.25) is 0 Å². The summed E-state index contributed by atoms with van der Waals surface area (Å²) in [4.78, 5) is 27.0. The Balaban J connectivity index is 1.69. The number of fused-ring (bicyclic) bond motifs is 1. The second kappa shape index (κ2) is 5.12. The van der Waals surface area contributed by atoms with Crippen LogP contribution in [0, 0.1) is 0 Å². The highest BCUT2D eigenvalue weighted by molar-refractivity contribution is 6.00. The van der Waals surface area contributed by atoms with Crippen molar-refractivity contribution in [2.24, 2.45) is 0 Å². The molecule has 1 saturated carbocycles. The molecule has 1 fully saturated rings. The van der Waals surface area contributed by atoms with E-state index < -0.39 is 6.04 Å². The summed E-state index contributed by atoms with van der Waals surface area (Å²) in [5.41, 5.74) is 7.61. The molecule has 6 heteroatoms. The monoisotopic (exact) mass is 286 g/mol. The van der Waals surface area contributed by atoms with Crippen molar-refractivity contribution in [1.82, 2.24) is 15.6 Å². The van der Waals surface area contributed by atoms with E-state index in [1.54, 1.807) is 25.1 Å². The summed E-state index contributed by atoms with van der Waals surface area (Å²) >= 11 is 0. The van der Waals surface area contributed by atoms with Gasteiger partial charge in [-0.1, -0.05) is 0 Å². The Labute approximate surface area is 122 Å². The van der Waals surface area contributed by atoms with Gasteiger partial charge in [0.2, 0.25) is 5.91 Å². The number of H-pyrrole nitrogens is 1. The third-order valence-corrected chi connectivity index (χ3v) is 3.55. The first kappa shape index (κ1) is 13.5. The standard InChI is InChI=1S/C15H18N4O2/c1-8(14(20)18-11-3-4-11)17-15(21)13-7-9-6-10(16)2-5-12(9)19-13/h2,5-8,11,19H,3-4,16H2,1H3,(H,17,21)(H,18,20). The number of hydrogen-bond acceptors (Lipinski definition) is 3. The van der Waals surface area contributed by atoms with Gasteiger partial charge in [-0.05, 0) is 44.0 Å². The highest BCUT2D eigenvalue weighted by Gasteiger charge is 2.26. The third kappa shape index (κ3) is 2.99.